The van der Waals surface area contributed by atoms with Gasteiger partial charge in [-0.1, -0.05) is 13.8 Å². The van der Waals surface area contributed by atoms with Gasteiger partial charge >= 0.3 is 0 Å². The first kappa shape index (κ1) is 12.6. The molecular formula is C14H22N2S. The van der Waals surface area contributed by atoms with Gasteiger partial charge < -0.3 is 5.43 Å². The Balaban J connectivity index is 2.10. The Bertz CT molecular complexity index is 436. The molecule has 0 saturated carbocycles. The van der Waals surface area contributed by atoms with E-state index in [9.17, 15) is 0 Å². The zero-order valence-corrected chi connectivity index (χ0v) is 12.2. The molecule has 0 aromatic carbocycles. The third-order valence-electron chi connectivity index (χ3n) is 2.91. The van der Waals surface area contributed by atoms with Crippen LogP contribution in [0.2, 0.25) is 0 Å². The van der Waals surface area contributed by atoms with Crippen LogP contribution >= 0.6 is 11.3 Å². The van der Waals surface area contributed by atoms with Crippen molar-refractivity contribution in [3.8, 4) is 0 Å². The van der Waals surface area contributed by atoms with Gasteiger partial charge in [0.25, 0.3) is 0 Å². The lowest BCUT2D eigenvalue weighted by Gasteiger charge is -2.17. The number of hydrogen-bond acceptors (Lipinski definition) is 3. The minimum atomic E-state index is 0.0367. The average molecular weight is 250 g/mol. The molecule has 1 aliphatic rings. The summed E-state index contributed by atoms with van der Waals surface area (Å²) in [6.45, 7) is 11.0. The third-order valence-corrected chi connectivity index (χ3v) is 3.96. The minimum Gasteiger partial charge on any atom is -0.305 e. The fourth-order valence-electron chi connectivity index (χ4n) is 2.17. The van der Waals surface area contributed by atoms with Crippen molar-refractivity contribution in [1.29, 1.82) is 0 Å². The predicted molar refractivity (Wildman–Crippen MR) is 76.0 cm³/mol. The quantitative estimate of drug-likeness (QED) is 0.629. The summed E-state index contributed by atoms with van der Waals surface area (Å²) in [6, 6.07) is 0. The van der Waals surface area contributed by atoms with Gasteiger partial charge in [0.1, 0.15) is 0 Å². The molecule has 17 heavy (non-hydrogen) atoms. The largest absolute Gasteiger partial charge is 0.305 e. The highest BCUT2D eigenvalue weighted by molar-refractivity contribution is 7.10. The molecule has 0 saturated heterocycles. The number of nitrogens with zero attached hydrogens (tertiary/aromatic N) is 1. The molecule has 1 N–H and O–H groups in total. The lowest BCUT2D eigenvalue weighted by molar-refractivity contribution is 0.393. The van der Waals surface area contributed by atoms with Crippen LogP contribution < -0.4 is 5.43 Å². The van der Waals surface area contributed by atoms with Gasteiger partial charge in [-0.3, -0.25) is 0 Å². The summed E-state index contributed by atoms with van der Waals surface area (Å²) in [7, 11) is 0. The molecule has 0 unspecified atom stereocenters. The molecule has 0 radical (unpaired) electrons. The van der Waals surface area contributed by atoms with Crippen molar-refractivity contribution in [2.24, 2.45) is 10.5 Å². The number of hydrogen-bond donors (Lipinski definition) is 1. The second-order valence-corrected chi connectivity index (χ2v) is 7.69. The first-order chi connectivity index (χ1) is 7.77. The summed E-state index contributed by atoms with van der Waals surface area (Å²) in [5.41, 5.74) is 6.43. The summed E-state index contributed by atoms with van der Waals surface area (Å²) in [6.07, 6.45) is 4.37. The van der Waals surface area contributed by atoms with Crippen molar-refractivity contribution in [3.05, 3.63) is 21.4 Å². The van der Waals surface area contributed by atoms with Crippen molar-refractivity contribution in [2.45, 2.75) is 53.0 Å². The predicted octanol–water partition coefficient (Wildman–Crippen LogP) is 3.59. The lowest BCUT2D eigenvalue weighted by atomic mass is 9.90. The maximum absolute atomic E-state index is 4.34. The molecule has 0 fully saturated rings. The van der Waals surface area contributed by atoms with E-state index in [2.05, 4.69) is 50.5 Å². The highest BCUT2D eigenvalue weighted by Crippen LogP contribution is 2.40. The van der Waals surface area contributed by atoms with Crippen LogP contribution in [0, 0.1) is 5.41 Å². The van der Waals surface area contributed by atoms with Crippen molar-refractivity contribution in [1.82, 2.24) is 5.43 Å². The molecule has 1 aromatic heterocycles. The van der Waals surface area contributed by atoms with E-state index in [1.807, 2.05) is 17.6 Å². The van der Waals surface area contributed by atoms with Crippen LogP contribution in [0.3, 0.4) is 0 Å². The maximum atomic E-state index is 4.34. The number of fused-ring (bicyclic) bond motifs is 1. The molecule has 0 spiro atoms. The molecule has 2 rings (SSSR count). The molecule has 0 aliphatic heterocycles. The maximum Gasteiger partial charge on any atom is 0.0551 e. The fraction of sp³-hybridized carbons (Fsp3) is 0.643. The second kappa shape index (κ2) is 4.13. The molecule has 3 heteroatoms. The highest BCUT2D eigenvalue weighted by atomic mass is 32.1. The van der Waals surface area contributed by atoms with Crippen molar-refractivity contribution in [2.75, 3.05) is 0 Å². The summed E-state index contributed by atoms with van der Waals surface area (Å²) < 4.78 is 0. The van der Waals surface area contributed by atoms with E-state index in [4.69, 9.17) is 0 Å². The van der Waals surface area contributed by atoms with Gasteiger partial charge in [0.05, 0.1) is 6.21 Å². The molecule has 2 nitrogen and oxygen atoms in total. The molecule has 0 amide bonds. The van der Waals surface area contributed by atoms with Crippen LogP contribution in [0.1, 0.15) is 50.6 Å². The van der Waals surface area contributed by atoms with Crippen molar-refractivity contribution in [3.63, 3.8) is 0 Å². The summed E-state index contributed by atoms with van der Waals surface area (Å²) in [4.78, 5) is 1.55. The molecule has 1 aliphatic carbocycles. The molecule has 0 atom stereocenters. The average Bonchev–Trinajstić information content (AvgIpc) is 2.60. The highest BCUT2D eigenvalue weighted by Gasteiger charge is 2.31. The SMILES string of the molecule is CC1(C)Cc2scc(C=NNC(C)(C)C)c2C1. The van der Waals surface area contributed by atoms with Gasteiger partial charge in [-0.2, -0.15) is 5.10 Å². The molecular weight excluding hydrogens is 228 g/mol. The Hall–Kier alpha value is -0.830. The van der Waals surface area contributed by atoms with Gasteiger partial charge in [0.15, 0.2) is 0 Å². The van der Waals surface area contributed by atoms with Crippen LogP contribution in [0.15, 0.2) is 10.5 Å². The van der Waals surface area contributed by atoms with Gasteiger partial charge in [-0.15, -0.1) is 11.3 Å². The van der Waals surface area contributed by atoms with Crippen LogP contribution in [-0.4, -0.2) is 11.8 Å². The number of hydrazone groups is 1. The minimum absolute atomic E-state index is 0.0367. The van der Waals surface area contributed by atoms with Crippen molar-refractivity contribution < 1.29 is 0 Å². The van der Waals surface area contributed by atoms with Crippen LogP contribution in [0.25, 0.3) is 0 Å². The Morgan fingerprint density at radius 3 is 2.71 bits per heavy atom. The smallest absolute Gasteiger partial charge is 0.0551 e. The van der Waals surface area contributed by atoms with Gasteiger partial charge in [0, 0.05) is 21.4 Å². The van der Waals surface area contributed by atoms with Gasteiger partial charge in [0.2, 0.25) is 0 Å². The van der Waals surface area contributed by atoms with Crippen LogP contribution in [-0.2, 0) is 12.8 Å². The zero-order valence-electron chi connectivity index (χ0n) is 11.4. The van der Waals surface area contributed by atoms with E-state index < -0.39 is 0 Å². The van der Waals surface area contributed by atoms with E-state index in [-0.39, 0.29) is 5.54 Å². The Labute approximate surface area is 108 Å². The van der Waals surface area contributed by atoms with Crippen LogP contribution in [0.5, 0.6) is 0 Å². The normalized spacial score (nSPS) is 18.6. The van der Waals surface area contributed by atoms with E-state index in [0.717, 1.165) is 0 Å². The van der Waals surface area contributed by atoms with Gasteiger partial charge in [-0.25, -0.2) is 0 Å². The number of nitrogens with one attached hydrogen (secondary N) is 1. The van der Waals surface area contributed by atoms with Crippen LogP contribution in [0.4, 0.5) is 0 Å². The Morgan fingerprint density at radius 2 is 2.06 bits per heavy atom. The lowest BCUT2D eigenvalue weighted by Crippen LogP contribution is -2.31. The monoisotopic (exact) mass is 250 g/mol. The Kier molecular flexibility index (Phi) is 3.06. The summed E-state index contributed by atoms with van der Waals surface area (Å²) in [5, 5.41) is 6.57. The summed E-state index contributed by atoms with van der Waals surface area (Å²) >= 11 is 1.88. The topological polar surface area (TPSA) is 24.4 Å². The number of rotatable bonds is 2. The summed E-state index contributed by atoms with van der Waals surface area (Å²) in [5.74, 6) is 0. The van der Waals surface area contributed by atoms with E-state index in [1.165, 1.54) is 24.0 Å². The second-order valence-electron chi connectivity index (χ2n) is 6.73. The molecule has 1 aromatic rings. The first-order valence-electron chi connectivity index (χ1n) is 6.16. The van der Waals surface area contributed by atoms with E-state index in [0.29, 0.717) is 5.41 Å². The van der Waals surface area contributed by atoms with E-state index in [1.54, 1.807) is 4.88 Å². The Morgan fingerprint density at radius 1 is 1.35 bits per heavy atom. The van der Waals surface area contributed by atoms with E-state index >= 15 is 0 Å². The fourth-order valence-corrected chi connectivity index (χ4v) is 3.45. The van der Waals surface area contributed by atoms with Gasteiger partial charge in [-0.05, 0) is 44.6 Å². The molecule has 0 bridgehead atoms. The number of thiophene rings is 1. The standard InChI is InChI=1S/C14H22N2S/c1-13(2,3)16-15-8-10-9-17-12-7-14(4,5)6-11(10)12/h8-9,16H,6-7H2,1-5H3. The molecule has 1 heterocycles. The zero-order chi connectivity index (χ0) is 12.7. The molecule has 94 valence electrons. The van der Waals surface area contributed by atoms with Crippen molar-refractivity contribution >= 4 is 17.6 Å². The first-order valence-corrected chi connectivity index (χ1v) is 7.04. The third kappa shape index (κ3) is 3.09.